The molecule has 0 bridgehead atoms. The molecule has 0 saturated heterocycles. The first-order chi connectivity index (χ1) is 6.20. The van der Waals surface area contributed by atoms with Gasteiger partial charge >= 0.3 is 0 Å². The molecule has 13 heavy (non-hydrogen) atoms. The third kappa shape index (κ3) is 3.53. The average Bonchev–Trinajstić information content (AvgIpc) is 2.45. The highest BCUT2D eigenvalue weighted by atomic mass is 15.6. The molecule has 0 aliphatic heterocycles. The molecule has 0 fully saturated rings. The van der Waals surface area contributed by atoms with E-state index in [2.05, 4.69) is 24.2 Å². The molecular weight excluding hydrogens is 164 g/mol. The highest BCUT2D eigenvalue weighted by Gasteiger charge is 2.04. The molecule has 0 radical (unpaired) electrons. The fourth-order valence-corrected chi connectivity index (χ4v) is 1.29. The Bertz CT molecular complexity index is 242. The first-order valence-corrected chi connectivity index (χ1v) is 4.94. The summed E-state index contributed by atoms with van der Waals surface area (Å²) in [6, 6.07) is 0. The number of hydrogen-bond donors (Lipinski definition) is 0. The van der Waals surface area contributed by atoms with Crippen LogP contribution in [0.5, 0.6) is 0 Å². The second-order valence-corrected chi connectivity index (χ2v) is 3.88. The molecule has 74 valence electrons. The number of tetrazole rings is 1. The van der Waals surface area contributed by atoms with E-state index in [9.17, 15) is 0 Å². The van der Waals surface area contributed by atoms with Gasteiger partial charge in [-0.05, 0) is 12.3 Å². The van der Waals surface area contributed by atoms with Gasteiger partial charge in [-0.3, -0.25) is 0 Å². The van der Waals surface area contributed by atoms with Crippen LogP contribution in [0.25, 0.3) is 0 Å². The molecule has 1 heterocycles. The van der Waals surface area contributed by atoms with Gasteiger partial charge in [0.2, 0.25) is 0 Å². The van der Waals surface area contributed by atoms with E-state index in [4.69, 9.17) is 0 Å². The monoisotopic (exact) mass is 183 g/mol. The Morgan fingerprint density at radius 1 is 1.38 bits per heavy atom. The van der Waals surface area contributed by atoms with Crippen molar-refractivity contribution in [2.45, 2.75) is 39.7 Å². The number of hydrogen-bond acceptors (Lipinski definition) is 2. The maximum Gasteiger partial charge on any atom is 0.288 e. The van der Waals surface area contributed by atoms with E-state index in [0.29, 0.717) is 0 Å². The van der Waals surface area contributed by atoms with Crippen molar-refractivity contribution in [3.05, 3.63) is 6.33 Å². The summed E-state index contributed by atoms with van der Waals surface area (Å²) in [5.74, 6) is 0.810. The predicted octanol–water partition coefficient (Wildman–Crippen LogP) is 0.929. The molecule has 1 rings (SSSR count). The largest absolute Gasteiger partial charge is 0.288 e. The number of rotatable bonds is 5. The van der Waals surface area contributed by atoms with Crippen molar-refractivity contribution >= 4 is 0 Å². The van der Waals surface area contributed by atoms with Crippen LogP contribution < -0.4 is 4.68 Å². The minimum absolute atomic E-state index is 0.810. The lowest BCUT2D eigenvalue weighted by atomic mass is 10.1. The highest BCUT2D eigenvalue weighted by Crippen LogP contribution is 2.05. The molecule has 4 nitrogen and oxygen atoms in total. The summed E-state index contributed by atoms with van der Waals surface area (Å²) in [5.41, 5.74) is 0. The van der Waals surface area contributed by atoms with E-state index in [1.165, 1.54) is 19.3 Å². The number of nitrogens with zero attached hydrogens (tertiary/aromatic N) is 4. The van der Waals surface area contributed by atoms with Crippen LogP contribution in [0.1, 0.15) is 33.1 Å². The van der Waals surface area contributed by atoms with Gasteiger partial charge in [0, 0.05) is 0 Å². The van der Waals surface area contributed by atoms with Crippen molar-refractivity contribution < 1.29 is 4.68 Å². The zero-order chi connectivity index (χ0) is 9.68. The normalized spacial score (nSPS) is 11.1. The SMILES string of the molecule is CC(C)CCCCn1nnc[n+]1C. The maximum atomic E-state index is 3.96. The third-order valence-corrected chi connectivity index (χ3v) is 2.13. The summed E-state index contributed by atoms with van der Waals surface area (Å²) in [5, 5.41) is 7.77. The molecule has 1 aromatic heterocycles. The van der Waals surface area contributed by atoms with Crippen molar-refractivity contribution in [2.75, 3.05) is 0 Å². The summed E-state index contributed by atoms with van der Waals surface area (Å²) in [4.78, 5) is 1.89. The van der Waals surface area contributed by atoms with Gasteiger partial charge in [0.05, 0.1) is 13.6 Å². The van der Waals surface area contributed by atoms with Gasteiger partial charge in [0.1, 0.15) is 5.10 Å². The molecule has 0 N–H and O–H groups in total. The van der Waals surface area contributed by atoms with Crippen LogP contribution in [0.2, 0.25) is 0 Å². The van der Waals surface area contributed by atoms with Crippen LogP contribution >= 0.6 is 0 Å². The van der Waals surface area contributed by atoms with Crippen LogP contribution in [-0.4, -0.2) is 15.1 Å². The molecule has 0 unspecified atom stereocenters. The van der Waals surface area contributed by atoms with E-state index in [-0.39, 0.29) is 0 Å². The van der Waals surface area contributed by atoms with Crippen molar-refractivity contribution in [3.63, 3.8) is 0 Å². The van der Waals surface area contributed by atoms with Crippen LogP contribution in [0.4, 0.5) is 0 Å². The van der Waals surface area contributed by atoms with Crippen LogP contribution in [-0.2, 0) is 13.6 Å². The fourth-order valence-electron chi connectivity index (χ4n) is 1.29. The van der Waals surface area contributed by atoms with Gasteiger partial charge in [-0.25, -0.2) is 0 Å². The molecule has 0 spiro atoms. The van der Waals surface area contributed by atoms with E-state index >= 15 is 0 Å². The van der Waals surface area contributed by atoms with Crippen LogP contribution in [0, 0.1) is 5.92 Å². The summed E-state index contributed by atoms with van der Waals surface area (Å²) in [6.45, 7) is 5.49. The molecule has 0 atom stereocenters. The Balaban J connectivity index is 2.17. The van der Waals surface area contributed by atoms with Crippen molar-refractivity contribution in [3.8, 4) is 0 Å². The van der Waals surface area contributed by atoms with Gasteiger partial charge in [-0.15, -0.1) is 0 Å². The minimum atomic E-state index is 0.810. The molecule has 0 amide bonds. The van der Waals surface area contributed by atoms with E-state index < -0.39 is 0 Å². The summed E-state index contributed by atoms with van der Waals surface area (Å²) >= 11 is 0. The van der Waals surface area contributed by atoms with Crippen LogP contribution in [0.3, 0.4) is 0 Å². The Hall–Kier alpha value is -0.930. The average molecular weight is 183 g/mol. The molecule has 1 aromatic rings. The Labute approximate surface area is 79.5 Å². The number of aromatic nitrogens is 4. The molecule has 0 aliphatic rings. The van der Waals surface area contributed by atoms with Crippen molar-refractivity contribution in [1.82, 2.24) is 15.1 Å². The van der Waals surface area contributed by atoms with Gasteiger partial charge in [0.15, 0.2) is 5.21 Å². The second kappa shape index (κ2) is 4.94. The van der Waals surface area contributed by atoms with Gasteiger partial charge in [-0.2, -0.15) is 4.68 Å². The van der Waals surface area contributed by atoms with Gasteiger partial charge < -0.3 is 0 Å². The zero-order valence-electron chi connectivity index (χ0n) is 8.77. The second-order valence-electron chi connectivity index (χ2n) is 3.88. The molecular formula is C9H19N4+. The van der Waals surface area contributed by atoms with Crippen molar-refractivity contribution in [2.24, 2.45) is 13.0 Å². The van der Waals surface area contributed by atoms with Gasteiger partial charge in [-0.1, -0.05) is 31.5 Å². The number of aryl methyl sites for hydroxylation is 2. The molecule has 0 aromatic carbocycles. The first kappa shape index (κ1) is 10.2. The Kier molecular flexibility index (Phi) is 3.86. The van der Waals surface area contributed by atoms with E-state index in [1.54, 1.807) is 6.33 Å². The standard InChI is InChI=1S/C9H19N4/c1-9(2)6-4-5-7-13-11-10-8-12(13)3/h8-9H,4-7H2,1-3H3/q+1. The highest BCUT2D eigenvalue weighted by molar-refractivity contribution is 4.45. The minimum Gasteiger partial charge on any atom is -0.166 e. The van der Waals surface area contributed by atoms with E-state index in [1.807, 2.05) is 16.5 Å². The summed E-state index contributed by atoms with van der Waals surface area (Å²) in [6.07, 6.45) is 5.49. The Morgan fingerprint density at radius 2 is 2.15 bits per heavy atom. The van der Waals surface area contributed by atoms with Gasteiger partial charge in [0.25, 0.3) is 6.33 Å². The van der Waals surface area contributed by atoms with Crippen LogP contribution in [0.15, 0.2) is 6.33 Å². The number of unbranched alkanes of at least 4 members (excludes halogenated alkanes) is 1. The topological polar surface area (TPSA) is 34.6 Å². The predicted molar refractivity (Wildman–Crippen MR) is 49.9 cm³/mol. The first-order valence-electron chi connectivity index (χ1n) is 4.94. The summed E-state index contributed by atoms with van der Waals surface area (Å²) in [7, 11) is 1.96. The summed E-state index contributed by atoms with van der Waals surface area (Å²) < 4.78 is 1.91. The quantitative estimate of drug-likeness (QED) is 0.503. The fraction of sp³-hybridized carbons (Fsp3) is 0.889. The molecule has 4 heteroatoms. The van der Waals surface area contributed by atoms with E-state index in [0.717, 1.165) is 12.5 Å². The maximum absolute atomic E-state index is 3.96. The Morgan fingerprint density at radius 3 is 2.69 bits per heavy atom. The van der Waals surface area contributed by atoms with Crippen molar-refractivity contribution in [1.29, 1.82) is 0 Å². The lowest BCUT2D eigenvalue weighted by Crippen LogP contribution is -2.38. The molecule has 0 aliphatic carbocycles. The zero-order valence-corrected chi connectivity index (χ0v) is 8.77. The lowest BCUT2D eigenvalue weighted by molar-refractivity contribution is -0.759. The smallest absolute Gasteiger partial charge is 0.166 e. The third-order valence-electron chi connectivity index (χ3n) is 2.13. The lowest BCUT2D eigenvalue weighted by Gasteiger charge is -2.02. The molecule has 0 saturated carbocycles.